The van der Waals surface area contributed by atoms with Crippen molar-refractivity contribution < 1.29 is 31.1 Å². The first-order chi connectivity index (χ1) is 6.21. The van der Waals surface area contributed by atoms with Crippen LogP contribution in [0.15, 0.2) is 23.7 Å². The largest absolute Gasteiger partial charge is 0.449 e. The second kappa shape index (κ2) is 3.21. The highest BCUT2D eigenvalue weighted by Crippen LogP contribution is 2.36. The number of ether oxygens (including phenoxy) is 1. The lowest BCUT2D eigenvalue weighted by Crippen LogP contribution is -2.22. The van der Waals surface area contributed by atoms with Crippen LogP contribution in [0, 0.1) is 0 Å². The second-order valence-electron chi connectivity index (χ2n) is 2.47. The number of hydrogen-bond donors (Lipinski definition) is 0. The lowest BCUT2D eigenvalue weighted by Gasteiger charge is -2.19. The molecular weight excluding hydrogens is 214 g/mol. The highest BCUT2D eigenvalue weighted by Gasteiger charge is 2.43. The summed E-state index contributed by atoms with van der Waals surface area (Å²) in [6.45, 7) is 0. The van der Waals surface area contributed by atoms with E-state index in [-0.39, 0.29) is 0 Å². The van der Waals surface area contributed by atoms with Crippen molar-refractivity contribution in [2.45, 2.75) is 18.8 Å². The Kier molecular flexibility index (Phi) is 2.51. The van der Waals surface area contributed by atoms with Crippen molar-refractivity contribution in [1.29, 1.82) is 0 Å². The van der Waals surface area contributed by atoms with Crippen LogP contribution in [0.2, 0.25) is 0 Å². The van der Waals surface area contributed by atoms with E-state index in [1.54, 1.807) is 0 Å². The van der Waals surface area contributed by atoms with Crippen LogP contribution in [-0.2, 0) is 4.74 Å². The molecule has 0 fully saturated rings. The third-order valence-corrected chi connectivity index (χ3v) is 1.39. The molecule has 1 heterocycles. The van der Waals surface area contributed by atoms with Crippen LogP contribution in [0.4, 0.5) is 26.3 Å². The highest BCUT2D eigenvalue weighted by molar-refractivity contribution is 5.16. The van der Waals surface area contributed by atoms with E-state index in [1.165, 1.54) is 0 Å². The normalized spacial score (nSPS) is 18.4. The Morgan fingerprint density at radius 2 is 1.21 bits per heavy atom. The molecule has 1 aliphatic rings. The van der Waals surface area contributed by atoms with Crippen molar-refractivity contribution in [3.63, 3.8) is 0 Å². The Hall–Kier alpha value is -1.14. The van der Waals surface area contributed by atoms with E-state index in [1.807, 2.05) is 0 Å². The van der Waals surface area contributed by atoms with E-state index in [4.69, 9.17) is 0 Å². The fourth-order valence-corrected chi connectivity index (χ4v) is 0.822. The molecule has 14 heavy (non-hydrogen) atoms. The van der Waals surface area contributed by atoms with E-state index < -0.39 is 30.3 Å². The Bertz CT molecular complexity index is 254. The van der Waals surface area contributed by atoms with Gasteiger partial charge in [0, 0.05) is 0 Å². The molecule has 0 amide bonds. The summed E-state index contributed by atoms with van der Waals surface area (Å²) in [6.07, 6.45) is -9.11. The zero-order valence-corrected chi connectivity index (χ0v) is 6.54. The van der Waals surface area contributed by atoms with Gasteiger partial charge in [-0.05, 0) is 18.6 Å². The highest BCUT2D eigenvalue weighted by atomic mass is 19.4. The third-order valence-electron chi connectivity index (χ3n) is 1.39. The standard InChI is InChI=1S/C7H4F6O/c8-6(9,10)4-2-1-3-5(14-4)7(11,12)13/h2-3H,1H2. The molecule has 0 spiro atoms. The van der Waals surface area contributed by atoms with Crippen LogP contribution in [0.1, 0.15) is 6.42 Å². The van der Waals surface area contributed by atoms with Gasteiger partial charge in [0.1, 0.15) is 0 Å². The van der Waals surface area contributed by atoms with E-state index in [2.05, 4.69) is 4.74 Å². The van der Waals surface area contributed by atoms with Gasteiger partial charge in [0.2, 0.25) is 11.5 Å². The lowest BCUT2D eigenvalue weighted by molar-refractivity contribution is -0.159. The average molecular weight is 218 g/mol. The van der Waals surface area contributed by atoms with Crippen LogP contribution in [-0.4, -0.2) is 12.4 Å². The van der Waals surface area contributed by atoms with Crippen LogP contribution < -0.4 is 0 Å². The van der Waals surface area contributed by atoms with E-state index in [0.717, 1.165) is 0 Å². The summed E-state index contributed by atoms with van der Waals surface area (Å²) in [5.41, 5.74) is 0. The van der Waals surface area contributed by atoms with E-state index >= 15 is 0 Å². The lowest BCUT2D eigenvalue weighted by atomic mass is 10.2. The number of hydrogen-bond acceptors (Lipinski definition) is 1. The van der Waals surface area contributed by atoms with Crippen molar-refractivity contribution in [3.05, 3.63) is 23.7 Å². The van der Waals surface area contributed by atoms with Crippen LogP contribution in [0.25, 0.3) is 0 Å². The summed E-state index contributed by atoms with van der Waals surface area (Å²) in [4.78, 5) is 0. The molecule has 1 rings (SSSR count). The maximum atomic E-state index is 11.9. The van der Waals surface area contributed by atoms with Crippen LogP contribution >= 0.6 is 0 Å². The Labute approximate surface area is 74.7 Å². The first-order valence-corrected chi connectivity index (χ1v) is 3.44. The number of rotatable bonds is 0. The number of alkyl halides is 6. The van der Waals surface area contributed by atoms with Gasteiger partial charge in [-0.2, -0.15) is 26.3 Å². The second-order valence-corrected chi connectivity index (χ2v) is 2.47. The molecule has 0 aromatic carbocycles. The van der Waals surface area contributed by atoms with Gasteiger partial charge in [0.25, 0.3) is 0 Å². The van der Waals surface area contributed by atoms with E-state index in [9.17, 15) is 26.3 Å². The van der Waals surface area contributed by atoms with Gasteiger partial charge in [-0.15, -0.1) is 0 Å². The quantitative estimate of drug-likeness (QED) is 0.567. The van der Waals surface area contributed by atoms with Gasteiger partial charge in [0.05, 0.1) is 0 Å². The van der Waals surface area contributed by atoms with Gasteiger partial charge in [-0.1, -0.05) is 0 Å². The molecular formula is C7H4F6O. The number of allylic oxidation sites excluding steroid dienone is 4. The number of halogens is 6. The molecule has 0 bridgehead atoms. The molecule has 0 aromatic rings. The summed E-state index contributed by atoms with van der Waals surface area (Å²) in [5, 5.41) is 0. The maximum absolute atomic E-state index is 11.9. The third kappa shape index (κ3) is 2.43. The minimum atomic E-state index is -4.88. The molecule has 0 saturated carbocycles. The molecule has 0 saturated heterocycles. The van der Waals surface area contributed by atoms with Gasteiger partial charge in [-0.3, -0.25) is 0 Å². The van der Waals surface area contributed by atoms with Gasteiger partial charge >= 0.3 is 12.4 Å². The zero-order valence-electron chi connectivity index (χ0n) is 6.54. The Morgan fingerprint density at radius 3 is 1.50 bits per heavy atom. The minimum Gasteiger partial charge on any atom is -0.448 e. The van der Waals surface area contributed by atoms with Crippen molar-refractivity contribution in [2.24, 2.45) is 0 Å². The first-order valence-electron chi connectivity index (χ1n) is 3.44. The van der Waals surface area contributed by atoms with Crippen molar-refractivity contribution >= 4 is 0 Å². The molecule has 0 aromatic heterocycles. The fraction of sp³-hybridized carbons (Fsp3) is 0.429. The topological polar surface area (TPSA) is 9.23 Å². The van der Waals surface area contributed by atoms with Gasteiger partial charge < -0.3 is 4.74 Å². The van der Waals surface area contributed by atoms with Gasteiger partial charge in [-0.25, -0.2) is 0 Å². The molecule has 0 radical (unpaired) electrons. The molecule has 1 aliphatic heterocycles. The molecule has 7 heteroatoms. The summed E-state index contributed by atoms with van der Waals surface area (Å²) in [6, 6.07) is 0. The molecule has 0 aliphatic carbocycles. The minimum absolute atomic E-state index is 0.441. The summed E-state index contributed by atoms with van der Waals surface area (Å²) in [5.74, 6) is -3.24. The van der Waals surface area contributed by atoms with Crippen molar-refractivity contribution in [2.75, 3.05) is 0 Å². The summed E-state index contributed by atoms with van der Waals surface area (Å²) in [7, 11) is 0. The fourth-order valence-electron chi connectivity index (χ4n) is 0.822. The Balaban J connectivity index is 2.79. The predicted octanol–water partition coefficient (Wildman–Crippen LogP) is 3.30. The molecule has 80 valence electrons. The maximum Gasteiger partial charge on any atom is 0.449 e. The summed E-state index contributed by atoms with van der Waals surface area (Å²) >= 11 is 0. The molecule has 1 nitrogen and oxygen atoms in total. The predicted molar refractivity (Wildman–Crippen MR) is 34.0 cm³/mol. The van der Waals surface area contributed by atoms with Crippen LogP contribution in [0.5, 0.6) is 0 Å². The van der Waals surface area contributed by atoms with E-state index in [0.29, 0.717) is 12.2 Å². The molecule has 0 atom stereocenters. The first kappa shape index (κ1) is 10.9. The summed E-state index contributed by atoms with van der Waals surface area (Å²) < 4.78 is 75.2. The average Bonchev–Trinajstić information content (AvgIpc) is 2.01. The zero-order chi connectivity index (χ0) is 11.0. The molecule has 0 N–H and O–H groups in total. The SMILES string of the molecule is FC(F)(F)C1=CCC=C(C(F)(F)F)O1. The molecule has 0 unspecified atom stereocenters. The van der Waals surface area contributed by atoms with Crippen molar-refractivity contribution in [1.82, 2.24) is 0 Å². The van der Waals surface area contributed by atoms with Gasteiger partial charge in [0.15, 0.2) is 0 Å². The smallest absolute Gasteiger partial charge is 0.448 e. The van der Waals surface area contributed by atoms with Crippen molar-refractivity contribution in [3.8, 4) is 0 Å². The monoisotopic (exact) mass is 218 g/mol. The van der Waals surface area contributed by atoms with Crippen LogP contribution in [0.3, 0.4) is 0 Å². The Morgan fingerprint density at radius 1 is 0.857 bits per heavy atom.